The molecule has 0 aliphatic carbocycles. The average molecular weight is 743 g/mol. The average Bonchev–Trinajstić information content (AvgIpc) is 3.20. The number of carbonyl (C=O) groups excluding carboxylic acids is 4. The van der Waals surface area contributed by atoms with E-state index in [4.69, 9.17) is 37.9 Å². The highest BCUT2D eigenvalue weighted by atomic mass is 16.6. The monoisotopic (exact) mass is 742 g/mol. The van der Waals surface area contributed by atoms with Crippen LogP contribution in [0.15, 0.2) is 97.1 Å². The van der Waals surface area contributed by atoms with Gasteiger partial charge in [-0.3, -0.25) is 9.59 Å². The molecule has 0 heterocycles. The molecule has 12 heteroatoms. The highest BCUT2D eigenvalue weighted by Crippen LogP contribution is 2.30. The van der Waals surface area contributed by atoms with Gasteiger partial charge in [0.25, 0.3) is 0 Å². The molecule has 0 radical (unpaired) electrons. The first-order valence-corrected chi connectivity index (χ1v) is 17.1. The van der Waals surface area contributed by atoms with Crippen LogP contribution in [0.25, 0.3) is 0 Å². The first-order valence-electron chi connectivity index (χ1n) is 17.1. The van der Waals surface area contributed by atoms with E-state index in [1.165, 1.54) is 28.4 Å². The van der Waals surface area contributed by atoms with Crippen molar-refractivity contribution in [1.29, 1.82) is 0 Å². The van der Waals surface area contributed by atoms with E-state index < -0.39 is 29.6 Å². The summed E-state index contributed by atoms with van der Waals surface area (Å²) in [6, 6.07) is 26.8. The molecular formula is C42H46O12. The molecule has 0 fully saturated rings. The molecule has 54 heavy (non-hydrogen) atoms. The number of hydrogen-bond donors (Lipinski definition) is 0. The summed E-state index contributed by atoms with van der Waals surface area (Å²) in [5, 5.41) is 0. The third-order valence-corrected chi connectivity index (χ3v) is 8.53. The van der Waals surface area contributed by atoms with Crippen molar-refractivity contribution in [2.24, 2.45) is 5.41 Å². The van der Waals surface area contributed by atoms with Crippen molar-refractivity contribution in [3.8, 4) is 23.0 Å². The zero-order chi connectivity index (χ0) is 39.1. The second-order valence-corrected chi connectivity index (χ2v) is 13.0. The van der Waals surface area contributed by atoms with Gasteiger partial charge in [0.2, 0.25) is 0 Å². The Hall–Kier alpha value is -5.72. The minimum Gasteiger partial charge on any atom is -0.496 e. The molecule has 0 saturated carbocycles. The number of ketones is 2. The van der Waals surface area contributed by atoms with Crippen LogP contribution in [-0.4, -0.2) is 90.6 Å². The van der Waals surface area contributed by atoms with Crippen molar-refractivity contribution < 1.29 is 57.1 Å². The van der Waals surface area contributed by atoms with E-state index in [9.17, 15) is 19.2 Å². The number of esters is 2. The van der Waals surface area contributed by atoms with Crippen molar-refractivity contribution >= 4 is 23.5 Å². The van der Waals surface area contributed by atoms with Crippen molar-refractivity contribution in [3.63, 3.8) is 0 Å². The fraction of sp³-hybridized carbons (Fsp3) is 0.333. The molecule has 12 nitrogen and oxygen atoms in total. The first kappa shape index (κ1) is 41.0. The van der Waals surface area contributed by atoms with Gasteiger partial charge in [-0.25, -0.2) is 9.59 Å². The van der Waals surface area contributed by atoms with E-state index in [2.05, 4.69) is 0 Å². The number of rotatable bonds is 21. The molecule has 286 valence electrons. The number of para-hydroxylation sites is 4. The quantitative estimate of drug-likeness (QED) is 0.0663. The van der Waals surface area contributed by atoms with Gasteiger partial charge >= 0.3 is 11.9 Å². The molecule has 0 aliphatic heterocycles. The molecule has 0 bridgehead atoms. The molecule has 0 aliphatic rings. The summed E-state index contributed by atoms with van der Waals surface area (Å²) in [6.45, 7) is 2.17. The van der Waals surface area contributed by atoms with Crippen LogP contribution < -0.4 is 18.9 Å². The predicted octanol–water partition coefficient (Wildman–Crippen LogP) is 6.69. The summed E-state index contributed by atoms with van der Waals surface area (Å²) in [5.74, 6) is -0.512. The molecule has 2 atom stereocenters. The van der Waals surface area contributed by atoms with Gasteiger partial charge < -0.3 is 37.9 Å². The standard InChI is InChI=1S/C42H46O12/c1-41(23-33(43)29-15-7-11-19-35(29)47-3,26-52-39(45)31-17-9-13-21-37(31)49-5)25-51-27-42(2,28-53-40(46)32-18-10-14-22-38(32)50-6)54-24-34(44)30-16-8-12-20-36(30)48-4/h7-22H,23-28H2,1-6H3. The first-order chi connectivity index (χ1) is 26.0. The minimum atomic E-state index is -1.36. The maximum Gasteiger partial charge on any atom is 0.342 e. The van der Waals surface area contributed by atoms with Crippen LogP contribution in [-0.2, 0) is 18.9 Å². The van der Waals surface area contributed by atoms with E-state index >= 15 is 0 Å². The Labute approximate surface area is 315 Å². The molecule has 0 spiro atoms. The highest BCUT2D eigenvalue weighted by Gasteiger charge is 2.35. The Morgan fingerprint density at radius 3 is 1.33 bits per heavy atom. The number of Topliss-reactive ketones (excluding diaryl/α,β-unsaturated/α-hetero) is 2. The fourth-order valence-electron chi connectivity index (χ4n) is 5.57. The van der Waals surface area contributed by atoms with Crippen molar-refractivity contribution in [3.05, 3.63) is 119 Å². The van der Waals surface area contributed by atoms with E-state index in [0.29, 0.717) is 34.1 Å². The Bertz CT molecular complexity index is 1840. The van der Waals surface area contributed by atoms with Gasteiger partial charge in [0.1, 0.15) is 52.9 Å². The van der Waals surface area contributed by atoms with Gasteiger partial charge in [-0.2, -0.15) is 0 Å². The molecule has 0 saturated heterocycles. The van der Waals surface area contributed by atoms with Crippen LogP contribution >= 0.6 is 0 Å². The smallest absolute Gasteiger partial charge is 0.342 e. The van der Waals surface area contributed by atoms with E-state index in [-0.39, 0.29) is 55.5 Å². The van der Waals surface area contributed by atoms with Gasteiger partial charge in [-0.1, -0.05) is 55.5 Å². The summed E-state index contributed by atoms with van der Waals surface area (Å²) in [5.41, 5.74) is -1.35. The molecule has 4 rings (SSSR count). The molecule has 0 N–H and O–H groups in total. The second-order valence-electron chi connectivity index (χ2n) is 13.0. The Kier molecular flexibility index (Phi) is 14.7. The minimum absolute atomic E-state index is 0.0980. The van der Waals surface area contributed by atoms with E-state index in [0.717, 1.165) is 0 Å². The lowest BCUT2D eigenvalue weighted by molar-refractivity contribution is -0.119. The zero-order valence-electron chi connectivity index (χ0n) is 31.4. The Morgan fingerprint density at radius 2 is 0.870 bits per heavy atom. The number of hydrogen-bond acceptors (Lipinski definition) is 12. The summed E-state index contributed by atoms with van der Waals surface area (Å²) in [6.07, 6.45) is -0.0980. The third-order valence-electron chi connectivity index (χ3n) is 8.53. The maximum absolute atomic E-state index is 13.7. The zero-order valence-corrected chi connectivity index (χ0v) is 31.4. The van der Waals surface area contributed by atoms with E-state index in [1.54, 1.807) is 111 Å². The topological polar surface area (TPSA) is 142 Å². The maximum atomic E-state index is 13.7. The summed E-state index contributed by atoms with van der Waals surface area (Å²) in [7, 11) is 5.83. The molecule has 0 amide bonds. The van der Waals surface area contributed by atoms with Crippen molar-refractivity contribution in [1.82, 2.24) is 0 Å². The van der Waals surface area contributed by atoms with Gasteiger partial charge in [-0.15, -0.1) is 0 Å². The fourth-order valence-corrected chi connectivity index (χ4v) is 5.57. The normalized spacial score (nSPS) is 13.1. The van der Waals surface area contributed by atoms with Gasteiger partial charge in [-0.05, 0) is 55.5 Å². The Morgan fingerprint density at radius 1 is 0.481 bits per heavy atom. The molecule has 2 unspecified atom stereocenters. The molecule has 4 aromatic rings. The largest absolute Gasteiger partial charge is 0.496 e. The van der Waals surface area contributed by atoms with Crippen LogP contribution in [0.5, 0.6) is 23.0 Å². The molecular weight excluding hydrogens is 696 g/mol. The SMILES string of the molecule is COc1ccccc1C(=O)COC(C)(COCC(C)(COC(=O)c1ccccc1OC)CC(=O)c1ccccc1OC)COC(=O)c1ccccc1OC. The molecule has 4 aromatic carbocycles. The van der Waals surface area contributed by atoms with Gasteiger partial charge in [0, 0.05) is 11.8 Å². The number of benzene rings is 4. The highest BCUT2D eigenvalue weighted by molar-refractivity contribution is 6.00. The second kappa shape index (κ2) is 19.4. The van der Waals surface area contributed by atoms with Gasteiger partial charge in [0.15, 0.2) is 11.6 Å². The van der Waals surface area contributed by atoms with Crippen LogP contribution in [0.1, 0.15) is 61.7 Å². The van der Waals surface area contributed by atoms with Gasteiger partial charge in [0.05, 0.1) is 59.4 Å². The number of carbonyl (C=O) groups is 4. The summed E-state index contributed by atoms with van der Waals surface area (Å²) < 4.78 is 45.2. The van der Waals surface area contributed by atoms with Crippen molar-refractivity contribution in [2.75, 3.05) is 61.5 Å². The number of methoxy groups -OCH3 is 4. The lowest BCUT2D eigenvalue weighted by Gasteiger charge is -2.33. The third kappa shape index (κ3) is 10.9. The van der Waals surface area contributed by atoms with Crippen LogP contribution in [0.2, 0.25) is 0 Å². The van der Waals surface area contributed by atoms with Crippen LogP contribution in [0.4, 0.5) is 0 Å². The molecule has 0 aromatic heterocycles. The summed E-state index contributed by atoms with van der Waals surface area (Å²) >= 11 is 0. The summed E-state index contributed by atoms with van der Waals surface area (Å²) in [4.78, 5) is 53.4. The van der Waals surface area contributed by atoms with Crippen LogP contribution in [0.3, 0.4) is 0 Å². The van der Waals surface area contributed by atoms with E-state index in [1.807, 2.05) is 0 Å². The predicted molar refractivity (Wildman–Crippen MR) is 199 cm³/mol. The Balaban J connectivity index is 1.56. The lowest BCUT2D eigenvalue weighted by Crippen LogP contribution is -2.43. The lowest BCUT2D eigenvalue weighted by atomic mass is 9.84. The number of ether oxygens (including phenoxy) is 8. The van der Waals surface area contributed by atoms with Crippen molar-refractivity contribution in [2.45, 2.75) is 25.9 Å². The van der Waals surface area contributed by atoms with Crippen LogP contribution in [0, 0.1) is 5.41 Å².